The maximum atomic E-state index is 5.26. The van der Waals surface area contributed by atoms with Gasteiger partial charge in [-0.05, 0) is 27.7 Å². The van der Waals surface area contributed by atoms with Crippen LogP contribution in [0.1, 0.15) is 27.7 Å². The number of hydrogen-bond acceptors (Lipinski definition) is 1. The highest BCUT2D eigenvalue weighted by Gasteiger charge is 2.27. The van der Waals surface area contributed by atoms with Crippen LogP contribution in [0.5, 0.6) is 0 Å². The Morgan fingerprint density at radius 3 is 1.65 bits per heavy atom. The summed E-state index contributed by atoms with van der Waals surface area (Å²) in [4.78, 5) is 0. The van der Waals surface area contributed by atoms with Crippen molar-refractivity contribution in [3.63, 3.8) is 0 Å². The van der Waals surface area contributed by atoms with Crippen LogP contribution < -0.4 is 0 Å². The first kappa shape index (κ1) is 16.9. The molecule has 0 aromatic rings. The summed E-state index contributed by atoms with van der Waals surface area (Å²) in [6, 6.07) is 0. The van der Waals surface area contributed by atoms with Crippen molar-refractivity contribution in [2.75, 3.05) is 66.6 Å². The van der Waals surface area contributed by atoms with Crippen molar-refractivity contribution < 1.29 is 13.7 Å². The molecule has 0 spiro atoms. The maximum Gasteiger partial charge on any atom is 0.129 e. The van der Waals surface area contributed by atoms with E-state index in [4.69, 9.17) is 4.74 Å². The van der Waals surface area contributed by atoms with Gasteiger partial charge in [-0.1, -0.05) is 0 Å². The molecule has 0 saturated heterocycles. The zero-order valence-corrected chi connectivity index (χ0v) is 13.0. The van der Waals surface area contributed by atoms with E-state index in [1.165, 1.54) is 48.2 Å². The third-order valence-corrected chi connectivity index (χ3v) is 4.75. The summed E-state index contributed by atoms with van der Waals surface area (Å²) in [5.41, 5.74) is 0. The second-order valence-corrected chi connectivity index (χ2v) is 5.39. The highest BCUT2D eigenvalue weighted by atomic mass is 16.5. The van der Waals surface area contributed by atoms with Gasteiger partial charge in [0.1, 0.15) is 19.6 Å². The van der Waals surface area contributed by atoms with Gasteiger partial charge in [-0.3, -0.25) is 0 Å². The molecule has 0 aromatic carbocycles. The fourth-order valence-electron chi connectivity index (χ4n) is 2.25. The van der Waals surface area contributed by atoms with Crippen molar-refractivity contribution in [3.05, 3.63) is 0 Å². The van der Waals surface area contributed by atoms with Crippen molar-refractivity contribution in [2.24, 2.45) is 0 Å². The Balaban J connectivity index is 4.43. The average molecular weight is 246 g/mol. The lowest BCUT2D eigenvalue weighted by Gasteiger charge is -2.40. The van der Waals surface area contributed by atoms with Gasteiger partial charge in [-0.15, -0.1) is 0 Å². The second-order valence-electron chi connectivity index (χ2n) is 5.39. The van der Waals surface area contributed by atoms with Crippen molar-refractivity contribution in [2.45, 2.75) is 27.7 Å². The van der Waals surface area contributed by atoms with Crippen molar-refractivity contribution >= 4 is 0 Å². The molecule has 3 heteroatoms. The monoisotopic (exact) mass is 246 g/mol. The Hall–Kier alpha value is -0.120. The van der Waals surface area contributed by atoms with E-state index in [0.29, 0.717) is 0 Å². The van der Waals surface area contributed by atoms with Crippen molar-refractivity contribution in [1.82, 2.24) is 0 Å². The van der Waals surface area contributed by atoms with Crippen LogP contribution in [0.25, 0.3) is 0 Å². The number of likely N-dealkylation sites (N-methyl/N-ethyl adjacent to an activating group) is 2. The number of ether oxygens (including phenoxy) is 1. The molecule has 0 atom stereocenters. The number of methoxy groups -OCH3 is 1. The number of rotatable bonds is 10. The van der Waals surface area contributed by atoms with E-state index in [2.05, 4.69) is 34.7 Å². The fraction of sp³-hybridized carbons (Fsp3) is 1.00. The van der Waals surface area contributed by atoms with Crippen molar-refractivity contribution in [3.8, 4) is 0 Å². The molecule has 104 valence electrons. The molecule has 0 amide bonds. The molecule has 17 heavy (non-hydrogen) atoms. The molecule has 0 aliphatic rings. The Kier molecular flexibility index (Phi) is 8.01. The first-order valence-electron chi connectivity index (χ1n) is 7.19. The van der Waals surface area contributed by atoms with Crippen LogP contribution in [-0.2, 0) is 4.74 Å². The predicted octanol–water partition coefficient (Wildman–Crippen LogP) is 1.98. The summed E-state index contributed by atoms with van der Waals surface area (Å²) in [5.74, 6) is 0. The molecule has 0 unspecified atom stereocenters. The van der Waals surface area contributed by atoms with Gasteiger partial charge in [-0.2, -0.15) is 0 Å². The van der Waals surface area contributed by atoms with E-state index in [1.54, 1.807) is 7.11 Å². The number of hydrogen-bond donors (Lipinski definition) is 0. The second kappa shape index (κ2) is 8.06. The molecule has 0 heterocycles. The first-order valence-corrected chi connectivity index (χ1v) is 7.19. The van der Waals surface area contributed by atoms with Crippen LogP contribution in [0.15, 0.2) is 0 Å². The molecule has 0 aliphatic carbocycles. The van der Waals surface area contributed by atoms with Crippen molar-refractivity contribution in [1.29, 1.82) is 0 Å². The zero-order chi connectivity index (χ0) is 13.4. The zero-order valence-electron chi connectivity index (χ0n) is 13.0. The van der Waals surface area contributed by atoms with E-state index in [-0.39, 0.29) is 0 Å². The highest BCUT2D eigenvalue weighted by Crippen LogP contribution is 2.10. The topological polar surface area (TPSA) is 9.23 Å². The van der Waals surface area contributed by atoms with E-state index in [1.807, 2.05) is 0 Å². The molecule has 0 aliphatic heterocycles. The minimum absolute atomic E-state index is 0.879. The van der Waals surface area contributed by atoms with Gasteiger partial charge >= 0.3 is 0 Å². The third kappa shape index (κ3) is 5.36. The van der Waals surface area contributed by atoms with Crippen LogP contribution in [-0.4, -0.2) is 75.5 Å². The quantitative estimate of drug-likeness (QED) is 0.536. The SMILES string of the molecule is CC[N+](C)(CC)CC[N+](CC)(CC)CCOC. The summed E-state index contributed by atoms with van der Waals surface area (Å²) in [7, 11) is 4.18. The maximum absolute atomic E-state index is 5.26. The third-order valence-electron chi connectivity index (χ3n) is 4.75. The molecule has 0 rings (SSSR count). The molecule has 3 nitrogen and oxygen atoms in total. The van der Waals surface area contributed by atoms with Gasteiger partial charge in [0.2, 0.25) is 0 Å². The summed E-state index contributed by atoms with van der Waals surface area (Å²) in [5, 5.41) is 0. The van der Waals surface area contributed by atoms with Gasteiger partial charge in [-0.25, -0.2) is 0 Å². The van der Waals surface area contributed by atoms with Crippen LogP contribution in [0, 0.1) is 0 Å². The molecule has 0 aromatic heterocycles. The summed E-state index contributed by atoms with van der Waals surface area (Å²) < 4.78 is 7.65. The van der Waals surface area contributed by atoms with Gasteiger partial charge < -0.3 is 13.7 Å². The molecule has 0 saturated carbocycles. The molecule has 0 bridgehead atoms. The smallest absolute Gasteiger partial charge is 0.129 e. The summed E-state index contributed by atoms with van der Waals surface area (Å²) in [6.07, 6.45) is 0. The van der Waals surface area contributed by atoms with Gasteiger partial charge in [0.25, 0.3) is 0 Å². The van der Waals surface area contributed by atoms with Gasteiger partial charge in [0.05, 0.1) is 39.8 Å². The number of nitrogens with zero attached hydrogens (tertiary/aromatic N) is 2. The largest absolute Gasteiger partial charge is 0.379 e. The first-order chi connectivity index (χ1) is 8.01. The minimum Gasteiger partial charge on any atom is -0.379 e. The molecule has 0 N–H and O–H groups in total. The minimum atomic E-state index is 0.879. The van der Waals surface area contributed by atoms with E-state index >= 15 is 0 Å². The molecular weight excluding hydrogens is 212 g/mol. The number of quaternary nitrogens is 2. The highest BCUT2D eigenvalue weighted by molar-refractivity contribution is 4.43. The average Bonchev–Trinajstić information content (AvgIpc) is 2.39. The van der Waals surface area contributed by atoms with E-state index in [9.17, 15) is 0 Å². The van der Waals surface area contributed by atoms with Crippen LogP contribution in [0.3, 0.4) is 0 Å². The lowest BCUT2D eigenvalue weighted by molar-refractivity contribution is -0.970. The standard InChI is InChI=1S/C14H34N2O/c1-7-15(5,8-2)11-12-16(9-3,10-4)13-14-17-6/h7-14H2,1-6H3/q+2. The van der Waals surface area contributed by atoms with Crippen LogP contribution >= 0.6 is 0 Å². The van der Waals surface area contributed by atoms with E-state index in [0.717, 1.165) is 13.2 Å². The predicted molar refractivity (Wildman–Crippen MR) is 75.1 cm³/mol. The molecule has 0 radical (unpaired) electrons. The van der Waals surface area contributed by atoms with Crippen LogP contribution in [0.2, 0.25) is 0 Å². The van der Waals surface area contributed by atoms with Gasteiger partial charge in [0.15, 0.2) is 0 Å². The normalized spacial score (nSPS) is 13.1. The van der Waals surface area contributed by atoms with Gasteiger partial charge in [0, 0.05) is 7.11 Å². The Morgan fingerprint density at radius 1 is 0.765 bits per heavy atom. The Labute approximate surface area is 109 Å². The lowest BCUT2D eigenvalue weighted by atomic mass is 10.3. The van der Waals surface area contributed by atoms with Crippen LogP contribution in [0.4, 0.5) is 0 Å². The summed E-state index contributed by atoms with van der Waals surface area (Å²) >= 11 is 0. The van der Waals surface area contributed by atoms with E-state index < -0.39 is 0 Å². The lowest BCUT2D eigenvalue weighted by Crippen LogP contribution is -2.57. The molecular formula is C14H34N2O+2. The Morgan fingerprint density at radius 2 is 1.29 bits per heavy atom. The fourth-order valence-corrected chi connectivity index (χ4v) is 2.25. The summed E-state index contributed by atoms with van der Waals surface area (Å²) in [6.45, 7) is 18.7. The Bertz CT molecular complexity index is 187. The molecule has 0 fully saturated rings.